The van der Waals surface area contributed by atoms with E-state index in [2.05, 4.69) is 29.1 Å². The van der Waals surface area contributed by atoms with Gasteiger partial charge >= 0.3 is 0 Å². The molecule has 76 valence electrons. The van der Waals surface area contributed by atoms with E-state index in [1.54, 1.807) is 0 Å². The second-order valence-corrected chi connectivity index (χ2v) is 5.06. The summed E-state index contributed by atoms with van der Waals surface area (Å²) in [6, 6.07) is 5.13. The van der Waals surface area contributed by atoms with Crippen molar-refractivity contribution in [3.8, 4) is 0 Å². The highest BCUT2D eigenvalue weighted by atomic mass is 15.0. The molecule has 0 aliphatic heterocycles. The molecule has 2 saturated carbocycles. The molecule has 1 aromatic rings. The lowest BCUT2D eigenvalue weighted by Gasteiger charge is -2.23. The molecule has 0 radical (unpaired) electrons. The van der Waals surface area contributed by atoms with E-state index in [1.807, 2.05) is 0 Å². The van der Waals surface area contributed by atoms with Crippen LogP contribution in [0.2, 0.25) is 0 Å². The van der Waals surface area contributed by atoms with Gasteiger partial charge in [-0.05, 0) is 36.8 Å². The van der Waals surface area contributed by atoms with Crippen molar-refractivity contribution >= 4 is 0 Å². The number of aromatic nitrogens is 1. The lowest BCUT2D eigenvalue weighted by molar-refractivity contribution is 0.277. The average Bonchev–Trinajstić information content (AvgIpc) is 2.86. The smallest absolute Gasteiger partial charge is 0.0336 e. The summed E-state index contributed by atoms with van der Waals surface area (Å²) >= 11 is 0. The van der Waals surface area contributed by atoms with E-state index in [9.17, 15) is 0 Å². The first-order chi connectivity index (χ1) is 6.93. The summed E-state index contributed by atoms with van der Waals surface area (Å²) in [5.74, 6) is 2.10. The van der Waals surface area contributed by atoms with E-state index in [0.717, 1.165) is 17.9 Å². The van der Waals surface area contributed by atoms with Gasteiger partial charge in [-0.15, -0.1) is 0 Å². The average molecular weight is 189 g/mol. The van der Waals surface area contributed by atoms with Gasteiger partial charge in [-0.2, -0.15) is 0 Å². The molecule has 2 aliphatic rings. The topological polar surface area (TPSA) is 4.93 Å². The summed E-state index contributed by atoms with van der Waals surface area (Å²) in [5.41, 5.74) is 0. The van der Waals surface area contributed by atoms with E-state index in [0.29, 0.717) is 0 Å². The number of fused-ring (bicyclic) bond motifs is 1. The Labute approximate surface area is 86.1 Å². The molecule has 1 heteroatoms. The molecule has 2 unspecified atom stereocenters. The summed E-state index contributed by atoms with van der Waals surface area (Å²) in [5, 5.41) is 0. The normalized spacial score (nSPS) is 37.0. The second-order valence-electron chi connectivity index (χ2n) is 5.06. The van der Waals surface area contributed by atoms with Crippen LogP contribution < -0.4 is 0 Å². The molecule has 1 nitrogen and oxygen atoms in total. The minimum Gasteiger partial charge on any atom is -0.351 e. The highest BCUT2D eigenvalue weighted by Gasteiger charge is 2.35. The third kappa shape index (κ3) is 1.39. The second kappa shape index (κ2) is 3.45. The minimum absolute atomic E-state index is 0.818. The molecule has 0 bridgehead atoms. The Hall–Kier alpha value is -0.720. The first-order valence-corrected chi connectivity index (χ1v) is 6.06. The van der Waals surface area contributed by atoms with Crippen LogP contribution in [0.15, 0.2) is 24.5 Å². The van der Waals surface area contributed by atoms with E-state index in [-0.39, 0.29) is 0 Å². The van der Waals surface area contributed by atoms with E-state index < -0.39 is 0 Å². The number of nitrogens with zero attached hydrogens (tertiary/aromatic N) is 1. The third-order valence-electron chi connectivity index (χ3n) is 4.27. The zero-order valence-electron chi connectivity index (χ0n) is 8.73. The largest absolute Gasteiger partial charge is 0.351 e. The van der Waals surface area contributed by atoms with Crippen LogP contribution in [0.3, 0.4) is 0 Å². The summed E-state index contributed by atoms with van der Waals surface area (Å²) in [6.07, 6.45) is 13.3. The highest BCUT2D eigenvalue weighted by molar-refractivity contribution is 4.97. The molecule has 2 fully saturated rings. The Bertz CT molecular complexity index is 274. The fourth-order valence-corrected chi connectivity index (χ4v) is 3.53. The van der Waals surface area contributed by atoms with Gasteiger partial charge in [0.15, 0.2) is 0 Å². The molecule has 0 amide bonds. The van der Waals surface area contributed by atoms with Gasteiger partial charge in [0.2, 0.25) is 0 Å². The Morgan fingerprint density at radius 2 is 1.43 bits per heavy atom. The van der Waals surface area contributed by atoms with E-state index in [4.69, 9.17) is 0 Å². The van der Waals surface area contributed by atoms with Crippen molar-refractivity contribution in [2.45, 2.75) is 44.6 Å². The summed E-state index contributed by atoms with van der Waals surface area (Å²) in [4.78, 5) is 0. The number of rotatable bonds is 1. The summed E-state index contributed by atoms with van der Waals surface area (Å²) in [7, 11) is 0. The Morgan fingerprint density at radius 3 is 2.00 bits per heavy atom. The quantitative estimate of drug-likeness (QED) is 0.635. The maximum atomic E-state index is 2.43. The molecule has 2 atom stereocenters. The van der Waals surface area contributed by atoms with E-state index in [1.165, 1.54) is 38.5 Å². The van der Waals surface area contributed by atoms with Crippen LogP contribution in [-0.4, -0.2) is 4.57 Å². The molecule has 3 rings (SSSR count). The van der Waals surface area contributed by atoms with Gasteiger partial charge < -0.3 is 4.57 Å². The van der Waals surface area contributed by atoms with Gasteiger partial charge in [0.05, 0.1) is 0 Å². The fourth-order valence-electron chi connectivity index (χ4n) is 3.53. The van der Waals surface area contributed by atoms with Crippen LogP contribution >= 0.6 is 0 Å². The summed E-state index contributed by atoms with van der Waals surface area (Å²) in [6.45, 7) is 0. The molecule has 14 heavy (non-hydrogen) atoms. The van der Waals surface area contributed by atoms with Crippen molar-refractivity contribution in [3.63, 3.8) is 0 Å². The highest BCUT2D eigenvalue weighted by Crippen LogP contribution is 2.46. The molecular formula is C13H19N. The molecule has 1 aromatic heterocycles. The molecule has 2 aliphatic carbocycles. The van der Waals surface area contributed by atoms with Crippen molar-refractivity contribution in [1.82, 2.24) is 4.57 Å². The predicted molar refractivity (Wildman–Crippen MR) is 58.2 cm³/mol. The van der Waals surface area contributed by atoms with E-state index >= 15 is 0 Å². The molecule has 1 heterocycles. The van der Waals surface area contributed by atoms with Crippen LogP contribution in [0.1, 0.15) is 44.6 Å². The maximum absolute atomic E-state index is 2.43. The zero-order chi connectivity index (χ0) is 9.38. The van der Waals surface area contributed by atoms with Gasteiger partial charge in [0.25, 0.3) is 0 Å². The van der Waals surface area contributed by atoms with Gasteiger partial charge in [0, 0.05) is 18.4 Å². The molecule has 0 N–H and O–H groups in total. The Morgan fingerprint density at radius 1 is 0.857 bits per heavy atom. The third-order valence-corrected chi connectivity index (χ3v) is 4.27. The van der Waals surface area contributed by atoms with Crippen molar-refractivity contribution in [1.29, 1.82) is 0 Å². The Balaban J connectivity index is 1.74. The van der Waals surface area contributed by atoms with Crippen LogP contribution in [0.4, 0.5) is 0 Å². The monoisotopic (exact) mass is 189 g/mol. The van der Waals surface area contributed by atoms with Crippen molar-refractivity contribution in [2.75, 3.05) is 0 Å². The molecule has 0 saturated heterocycles. The first kappa shape index (κ1) is 8.58. The van der Waals surface area contributed by atoms with Crippen molar-refractivity contribution in [3.05, 3.63) is 24.5 Å². The maximum Gasteiger partial charge on any atom is 0.0336 e. The van der Waals surface area contributed by atoms with Gasteiger partial charge in [-0.25, -0.2) is 0 Å². The van der Waals surface area contributed by atoms with Crippen LogP contribution in [0.25, 0.3) is 0 Å². The standard InChI is InChI=1S/C13H19N/c1-2-6-12-10-13(9-11(12)5-1)14-7-3-4-8-14/h3-4,7-8,11-13H,1-2,5-6,9-10H2. The predicted octanol–water partition coefficient (Wildman–Crippen LogP) is 3.63. The zero-order valence-corrected chi connectivity index (χ0v) is 8.73. The number of hydrogen-bond donors (Lipinski definition) is 0. The molecular weight excluding hydrogens is 170 g/mol. The number of hydrogen-bond acceptors (Lipinski definition) is 0. The summed E-state index contributed by atoms with van der Waals surface area (Å²) < 4.78 is 2.43. The van der Waals surface area contributed by atoms with Crippen molar-refractivity contribution < 1.29 is 0 Å². The van der Waals surface area contributed by atoms with Crippen molar-refractivity contribution in [2.24, 2.45) is 11.8 Å². The van der Waals surface area contributed by atoms with Crippen LogP contribution in [0, 0.1) is 11.8 Å². The van der Waals surface area contributed by atoms with Crippen LogP contribution in [0.5, 0.6) is 0 Å². The minimum atomic E-state index is 0.818. The Kier molecular flexibility index (Phi) is 2.11. The lowest BCUT2D eigenvalue weighted by atomic mass is 9.82. The SMILES string of the molecule is c1ccn(C2CC3CCCCC3C2)c1. The lowest BCUT2D eigenvalue weighted by Crippen LogP contribution is -2.12. The molecule has 0 aromatic carbocycles. The van der Waals surface area contributed by atoms with Gasteiger partial charge in [-0.3, -0.25) is 0 Å². The first-order valence-electron chi connectivity index (χ1n) is 6.06. The van der Waals surface area contributed by atoms with Gasteiger partial charge in [-0.1, -0.05) is 25.7 Å². The van der Waals surface area contributed by atoms with Gasteiger partial charge in [0.1, 0.15) is 0 Å². The molecule has 0 spiro atoms. The van der Waals surface area contributed by atoms with Crippen LogP contribution in [-0.2, 0) is 0 Å². The fraction of sp³-hybridized carbons (Fsp3) is 0.692.